The van der Waals surface area contributed by atoms with Gasteiger partial charge in [-0.1, -0.05) is 18.5 Å². The molecule has 5 heteroatoms. The number of carbonyl (C=O) groups excluding carboxylic acids is 1. The van der Waals surface area contributed by atoms with E-state index in [-0.39, 0.29) is 5.69 Å². The van der Waals surface area contributed by atoms with Crippen molar-refractivity contribution in [3.05, 3.63) is 38.9 Å². The van der Waals surface area contributed by atoms with E-state index in [2.05, 4.69) is 0 Å². The second-order valence-electron chi connectivity index (χ2n) is 2.89. The van der Waals surface area contributed by atoms with Gasteiger partial charge in [-0.3, -0.25) is 10.1 Å². The monoisotopic (exact) mass is 213 g/mol. The summed E-state index contributed by atoms with van der Waals surface area (Å²) in [6.07, 6.45) is 0.699. The highest BCUT2D eigenvalue weighted by Crippen LogP contribution is 2.27. The van der Waals surface area contributed by atoms with Gasteiger partial charge in [0.2, 0.25) is 0 Å². The topological polar surface area (TPSA) is 60.2 Å². The zero-order valence-electron chi connectivity index (χ0n) is 7.44. The molecule has 14 heavy (non-hydrogen) atoms. The van der Waals surface area contributed by atoms with Gasteiger partial charge >= 0.3 is 0 Å². The van der Waals surface area contributed by atoms with E-state index in [1.807, 2.05) is 0 Å². The third-order valence-electron chi connectivity index (χ3n) is 1.89. The number of aldehydes is 1. The van der Waals surface area contributed by atoms with Gasteiger partial charge in [0.1, 0.15) is 6.29 Å². The Morgan fingerprint density at radius 3 is 2.71 bits per heavy atom. The molecule has 1 atom stereocenters. The van der Waals surface area contributed by atoms with Gasteiger partial charge in [-0.25, -0.2) is 0 Å². The normalized spacial score (nSPS) is 12.1. The SMILES string of the molecule is CC(C=O)c1cc([N+](=O)[O-])ccc1Cl. The molecule has 0 aromatic heterocycles. The Morgan fingerprint density at radius 2 is 2.21 bits per heavy atom. The standard InChI is InChI=1S/C9H8ClNO3/c1-6(5-12)8-4-7(11(13)14)2-3-9(8)10/h2-6H,1H3. The van der Waals surface area contributed by atoms with E-state index in [0.717, 1.165) is 0 Å². The summed E-state index contributed by atoms with van der Waals surface area (Å²) >= 11 is 5.79. The van der Waals surface area contributed by atoms with E-state index in [1.165, 1.54) is 18.2 Å². The number of benzene rings is 1. The Labute approximate surface area is 85.6 Å². The molecular weight excluding hydrogens is 206 g/mol. The molecule has 0 radical (unpaired) electrons. The Hall–Kier alpha value is -1.42. The van der Waals surface area contributed by atoms with Crippen LogP contribution in [0.15, 0.2) is 18.2 Å². The average molecular weight is 214 g/mol. The van der Waals surface area contributed by atoms with Gasteiger partial charge in [0.25, 0.3) is 5.69 Å². The van der Waals surface area contributed by atoms with Gasteiger partial charge in [0.05, 0.1) is 4.92 Å². The first-order valence-electron chi connectivity index (χ1n) is 3.95. The molecule has 0 N–H and O–H groups in total. The minimum absolute atomic E-state index is 0.0573. The van der Waals surface area contributed by atoms with E-state index in [1.54, 1.807) is 6.92 Å². The predicted octanol–water partition coefficient (Wildman–Crippen LogP) is 2.55. The van der Waals surface area contributed by atoms with Crippen molar-refractivity contribution in [2.75, 3.05) is 0 Å². The van der Waals surface area contributed by atoms with Crippen molar-refractivity contribution >= 4 is 23.6 Å². The van der Waals surface area contributed by atoms with Gasteiger partial charge < -0.3 is 4.79 Å². The zero-order valence-corrected chi connectivity index (χ0v) is 8.19. The molecular formula is C9H8ClNO3. The van der Waals surface area contributed by atoms with Crippen molar-refractivity contribution in [1.29, 1.82) is 0 Å². The maximum Gasteiger partial charge on any atom is 0.269 e. The number of nitrogens with zero attached hydrogens (tertiary/aromatic N) is 1. The van der Waals surface area contributed by atoms with E-state index >= 15 is 0 Å². The number of halogens is 1. The molecule has 0 spiro atoms. The van der Waals surface area contributed by atoms with Crippen molar-refractivity contribution in [3.63, 3.8) is 0 Å². The van der Waals surface area contributed by atoms with Crippen LogP contribution >= 0.6 is 11.6 Å². The molecule has 0 saturated carbocycles. The minimum atomic E-state index is -0.517. The number of hydrogen-bond donors (Lipinski definition) is 0. The first kappa shape index (κ1) is 10.7. The molecule has 0 fully saturated rings. The number of carbonyl (C=O) groups is 1. The van der Waals surface area contributed by atoms with Crippen LogP contribution in [0.3, 0.4) is 0 Å². The molecule has 1 aromatic carbocycles. The van der Waals surface area contributed by atoms with Crippen molar-refractivity contribution in [3.8, 4) is 0 Å². The summed E-state index contributed by atoms with van der Waals surface area (Å²) in [7, 11) is 0. The lowest BCUT2D eigenvalue weighted by atomic mass is 10.0. The number of rotatable bonds is 3. The molecule has 0 aliphatic carbocycles. The molecule has 4 nitrogen and oxygen atoms in total. The maximum atomic E-state index is 10.5. The number of non-ortho nitro benzene ring substituents is 1. The Morgan fingerprint density at radius 1 is 1.57 bits per heavy atom. The third kappa shape index (κ3) is 2.09. The highest BCUT2D eigenvalue weighted by atomic mass is 35.5. The van der Waals surface area contributed by atoms with E-state index < -0.39 is 10.8 Å². The van der Waals surface area contributed by atoms with Crippen LogP contribution in [0.2, 0.25) is 5.02 Å². The second kappa shape index (κ2) is 4.19. The number of nitro benzene ring substituents is 1. The first-order valence-corrected chi connectivity index (χ1v) is 4.33. The van der Waals surface area contributed by atoms with Crippen LogP contribution in [0.5, 0.6) is 0 Å². The lowest BCUT2D eigenvalue weighted by Gasteiger charge is -2.05. The number of hydrogen-bond acceptors (Lipinski definition) is 3. The zero-order chi connectivity index (χ0) is 10.7. The van der Waals surface area contributed by atoms with E-state index in [0.29, 0.717) is 16.9 Å². The summed E-state index contributed by atoms with van der Waals surface area (Å²) in [5.74, 6) is -0.428. The quantitative estimate of drug-likeness (QED) is 0.440. The number of nitro groups is 1. The molecule has 1 unspecified atom stereocenters. The second-order valence-corrected chi connectivity index (χ2v) is 3.29. The highest BCUT2D eigenvalue weighted by Gasteiger charge is 2.13. The van der Waals surface area contributed by atoms with Gasteiger partial charge in [0, 0.05) is 23.1 Å². The van der Waals surface area contributed by atoms with Crippen LogP contribution in [-0.2, 0) is 4.79 Å². The summed E-state index contributed by atoms with van der Waals surface area (Å²) in [4.78, 5) is 20.4. The van der Waals surface area contributed by atoms with Crippen LogP contribution in [-0.4, -0.2) is 11.2 Å². The van der Waals surface area contributed by atoms with Crippen LogP contribution in [0.1, 0.15) is 18.4 Å². The molecule has 0 bridgehead atoms. The lowest BCUT2D eigenvalue weighted by Crippen LogP contribution is -1.97. The van der Waals surface area contributed by atoms with Gasteiger partial charge in [0.15, 0.2) is 0 Å². The van der Waals surface area contributed by atoms with Crippen LogP contribution < -0.4 is 0 Å². The highest BCUT2D eigenvalue weighted by molar-refractivity contribution is 6.31. The molecule has 1 rings (SSSR count). The van der Waals surface area contributed by atoms with Gasteiger partial charge in [-0.05, 0) is 11.6 Å². The average Bonchev–Trinajstić information content (AvgIpc) is 2.17. The fraction of sp³-hybridized carbons (Fsp3) is 0.222. The minimum Gasteiger partial charge on any atom is -0.303 e. The molecule has 0 heterocycles. The molecule has 74 valence electrons. The largest absolute Gasteiger partial charge is 0.303 e. The van der Waals surface area contributed by atoms with Gasteiger partial charge in [-0.2, -0.15) is 0 Å². The van der Waals surface area contributed by atoms with Crippen LogP contribution in [0.4, 0.5) is 5.69 Å². The lowest BCUT2D eigenvalue weighted by molar-refractivity contribution is -0.384. The van der Waals surface area contributed by atoms with Crippen molar-refractivity contribution in [1.82, 2.24) is 0 Å². The maximum absolute atomic E-state index is 10.5. The molecule has 0 saturated heterocycles. The Bertz CT molecular complexity index is 378. The molecule has 0 aliphatic rings. The van der Waals surface area contributed by atoms with Gasteiger partial charge in [-0.15, -0.1) is 0 Å². The Balaban J connectivity index is 3.20. The smallest absolute Gasteiger partial charge is 0.269 e. The summed E-state index contributed by atoms with van der Waals surface area (Å²) in [6.45, 7) is 1.64. The predicted molar refractivity (Wildman–Crippen MR) is 52.6 cm³/mol. The van der Waals surface area contributed by atoms with E-state index in [4.69, 9.17) is 11.6 Å². The van der Waals surface area contributed by atoms with Crippen LogP contribution in [0.25, 0.3) is 0 Å². The fourth-order valence-corrected chi connectivity index (χ4v) is 1.36. The summed E-state index contributed by atoms with van der Waals surface area (Å²) in [5.41, 5.74) is 0.425. The van der Waals surface area contributed by atoms with Crippen molar-refractivity contribution < 1.29 is 9.72 Å². The third-order valence-corrected chi connectivity index (χ3v) is 2.23. The summed E-state index contributed by atoms with van der Waals surface area (Å²) < 4.78 is 0. The molecule has 1 aromatic rings. The molecule has 0 aliphatic heterocycles. The summed E-state index contributed by atoms with van der Waals surface area (Å²) in [6, 6.07) is 4.06. The first-order chi connectivity index (χ1) is 6.56. The van der Waals surface area contributed by atoms with Crippen LogP contribution in [0, 0.1) is 10.1 Å². The van der Waals surface area contributed by atoms with Crippen molar-refractivity contribution in [2.24, 2.45) is 0 Å². The Kier molecular flexibility index (Phi) is 3.19. The van der Waals surface area contributed by atoms with Crippen molar-refractivity contribution in [2.45, 2.75) is 12.8 Å². The summed E-state index contributed by atoms with van der Waals surface area (Å²) in [5, 5.41) is 10.8. The molecule has 0 amide bonds. The fourth-order valence-electron chi connectivity index (χ4n) is 1.07. The van der Waals surface area contributed by atoms with E-state index in [9.17, 15) is 14.9 Å².